The highest BCUT2D eigenvalue weighted by molar-refractivity contribution is 5.68. The van der Waals surface area contributed by atoms with Crippen LogP contribution in [0.2, 0.25) is 0 Å². The number of amides is 1. The molecule has 128 valence electrons. The van der Waals surface area contributed by atoms with Crippen LogP contribution in [0, 0.1) is 5.92 Å². The molecule has 1 fully saturated rings. The minimum atomic E-state index is -0.428. The Bertz CT molecular complexity index is 520. The molecule has 1 aromatic rings. The molecule has 1 aliphatic heterocycles. The number of hydrogen-bond donors (Lipinski definition) is 1. The second-order valence-corrected chi connectivity index (χ2v) is 7.95. The molecule has 4 nitrogen and oxygen atoms in total. The van der Waals surface area contributed by atoms with Gasteiger partial charge < -0.3 is 15.0 Å². The van der Waals surface area contributed by atoms with Crippen molar-refractivity contribution in [3.63, 3.8) is 0 Å². The molecule has 1 atom stereocenters. The van der Waals surface area contributed by atoms with Crippen molar-refractivity contribution in [2.45, 2.75) is 52.2 Å². The highest BCUT2D eigenvalue weighted by Gasteiger charge is 2.30. The summed E-state index contributed by atoms with van der Waals surface area (Å²) in [6.07, 6.45) is 0.833. The van der Waals surface area contributed by atoms with E-state index in [2.05, 4.69) is 43.4 Å². The topological polar surface area (TPSA) is 41.6 Å². The normalized spacial score (nSPS) is 19.0. The minimum Gasteiger partial charge on any atom is -0.444 e. The van der Waals surface area contributed by atoms with E-state index in [0.717, 1.165) is 26.1 Å². The van der Waals surface area contributed by atoms with Crippen molar-refractivity contribution in [2.75, 3.05) is 19.6 Å². The van der Waals surface area contributed by atoms with E-state index in [9.17, 15) is 4.79 Å². The van der Waals surface area contributed by atoms with E-state index in [0.29, 0.717) is 5.92 Å². The van der Waals surface area contributed by atoms with Gasteiger partial charge in [0.15, 0.2) is 0 Å². The zero-order valence-corrected chi connectivity index (χ0v) is 15.1. The van der Waals surface area contributed by atoms with Gasteiger partial charge in [0, 0.05) is 25.2 Å². The molecule has 1 N–H and O–H groups in total. The number of nitrogens with zero attached hydrogens (tertiary/aromatic N) is 1. The van der Waals surface area contributed by atoms with E-state index in [4.69, 9.17) is 4.74 Å². The van der Waals surface area contributed by atoms with Crippen LogP contribution in [-0.4, -0.2) is 36.2 Å². The Labute approximate surface area is 140 Å². The molecule has 1 aliphatic rings. The molecule has 0 saturated carbocycles. The first kappa shape index (κ1) is 17.8. The lowest BCUT2D eigenvalue weighted by atomic mass is 9.93. The number of ether oxygens (including phenoxy) is 1. The van der Waals surface area contributed by atoms with Gasteiger partial charge in [-0.2, -0.15) is 0 Å². The quantitative estimate of drug-likeness (QED) is 0.919. The summed E-state index contributed by atoms with van der Waals surface area (Å²) in [7, 11) is 0. The van der Waals surface area contributed by atoms with Crippen LogP contribution in [0.3, 0.4) is 0 Å². The summed E-state index contributed by atoms with van der Waals surface area (Å²) in [5.41, 5.74) is 0.783. The van der Waals surface area contributed by atoms with Gasteiger partial charge >= 0.3 is 6.09 Å². The average molecular weight is 318 g/mol. The highest BCUT2D eigenvalue weighted by atomic mass is 16.6. The number of nitrogens with one attached hydrogen (secondary N) is 1. The van der Waals surface area contributed by atoms with E-state index in [1.807, 2.05) is 31.7 Å². The van der Waals surface area contributed by atoms with Crippen molar-refractivity contribution in [3.05, 3.63) is 35.9 Å². The minimum absolute atomic E-state index is 0.0689. The fraction of sp³-hybridized carbons (Fsp3) is 0.632. The molecule has 1 heterocycles. The van der Waals surface area contributed by atoms with Gasteiger partial charge in [-0.15, -0.1) is 0 Å². The van der Waals surface area contributed by atoms with Gasteiger partial charge in [0.2, 0.25) is 0 Å². The van der Waals surface area contributed by atoms with Crippen LogP contribution in [0.25, 0.3) is 0 Å². The lowest BCUT2D eigenvalue weighted by molar-refractivity contribution is 0.0288. The maximum Gasteiger partial charge on any atom is 0.410 e. The zero-order chi connectivity index (χ0) is 17.1. The van der Waals surface area contributed by atoms with Crippen molar-refractivity contribution in [1.82, 2.24) is 10.2 Å². The molecular weight excluding hydrogens is 288 g/mol. The van der Waals surface area contributed by atoms with E-state index >= 15 is 0 Å². The maximum absolute atomic E-state index is 12.1. The largest absolute Gasteiger partial charge is 0.444 e. The van der Waals surface area contributed by atoms with Crippen molar-refractivity contribution in [2.24, 2.45) is 5.92 Å². The third-order valence-electron chi connectivity index (χ3n) is 4.27. The number of carbonyl (C=O) groups excluding carboxylic acids is 1. The number of carbonyl (C=O) groups is 1. The molecule has 23 heavy (non-hydrogen) atoms. The molecule has 4 heteroatoms. The highest BCUT2D eigenvalue weighted by Crippen LogP contribution is 2.23. The SMILES string of the molecule is CC(C)(C)OC(=O)N1CC[C@@H](CNC(C)(C)c2ccccc2)C1. The smallest absolute Gasteiger partial charge is 0.410 e. The number of likely N-dealkylation sites (tertiary alicyclic amines) is 1. The molecule has 0 bridgehead atoms. The fourth-order valence-electron chi connectivity index (χ4n) is 2.85. The summed E-state index contributed by atoms with van der Waals surface area (Å²) >= 11 is 0. The van der Waals surface area contributed by atoms with E-state index < -0.39 is 5.60 Å². The van der Waals surface area contributed by atoms with Gasteiger partial charge in [-0.05, 0) is 52.5 Å². The van der Waals surface area contributed by atoms with Crippen molar-refractivity contribution >= 4 is 6.09 Å². The lowest BCUT2D eigenvalue weighted by Gasteiger charge is -2.29. The zero-order valence-electron chi connectivity index (χ0n) is 15.1. The Morgan fingerprint density at radius 3 is 2.48 bits per heavy atom. The van der Waals surface area contributed by atoms with Crippen molar-refractivity contribution in [3.8, 4) is 0 Å². The third-order valence-corrected chi connectivity index (χ3v) is 4.27. The molecule has 0 spiro atoms. The van der Waals surface area contributed by atoms with Crippen molar-refractivity contribution < 1.29 is 9.53 Å². The summed E-state index contributed by atoms with van der Waals surface area (Å²) in [5, 5.41) is 3.65. The monoisotopic (exact) mass is 318 g/mol. The number of benzene rings is 1. The summed E-state index contributed by atoms with van der Waals surface area (Å²) in [5.74, 6) is 0.477. The van der Waals surface area contributed by atoms with E-state index in [1.54, 1.807) is 0 Å². The number of rotatable bonds is 4. The Balaban J connectivity index is 1.83. The van der Waals surface area contributed by atoms with Crippen LogP contribution >= 0.6 is 0 Å². The summed E-state index contributed by atoms with van der Waals surface area (Å²) in [4.78, 5) is 13.9. The Kier molecular flexibility index (Phi) is 5.35. The second kappa shape index (κ2) is 6.91. The van der Waals surface area contributed by atoms with Crippen LogP contribution in [0.1, 0.15) is 46.6 Å². The summed E-state index contributed by atoms with van der Waals surface area (Å²) in [6.45, 7) is 12.6. The molecule has 0 radical (unpaired) electrons. The Hall–Kier alpha value is -1.55. The second-order valence-electron chi connectivity index (χ2n) is 7.95. The van der Waals surface area contributed by atoms with Gasteiger partial charge in [0.25, 0.3) is 0 Å². The third kappa shape index (κ3) is 5.24. The predicted octanol–water partition coefficient (Wildman–Crippen LogP) is 3.77. The average Bonchev–Trinajstić information content (AvgIpc) is 2.94. The van der Waals surface area contributed by atoms with Crippen molar-refractivity contribution in [1.29, 1.82) is 0 Å². The van der Waals surface area contributed by atoms with Crippen LogP contribution in [0.15, 0.2) is 30.3 Å². The Morgan fingerprint density at radius 2 is 1.87 bits per heavy atom. The standard InChI is InChI=1S/C19H30N2O2/c1-18(2,3)23-17(22)21-12-11-15(14-21)13-20-19(4,5)16-9-7-6-8-10-16/h6-10,15,20H,11-14H2,1-5H3/t15-/m0/s1. The summed E-state index contributed by atoms with van der Waals surface area (Å²) in [6, 6.07) is 10.5. The van der Waals surface area contributed by atoms with E-state index in [1.165, 1.54) is 5.56 Å². The molecule has 2 rings (SSSR count). The molecule has 0 aromatic heterocycles. The van der Waals surface area contributed by atoms with E-state index in [-0.39, 0.29) is 11.6 Å². The molecule has 1 aromatic carbocycles. The van der Waals surface area contributed by atoms with Crippen LogP contribution in [0.5, 0.6) is 0 Å². The summed E-state index contributed by atoms with van der Waals surface area (Å²) < 4.78 is 5.45. The Morgan fingerprint density at radius 1 is 1.22 bits per heavy atom. The van der Waals surface area contributed by atoms with Gasteiger partial charge in [-0.3, -0.25) is 0 Å². The van der Waals surface area contributed by atoms with Crippen LogP contribution < -0.4 is 5.32 Å². The molecular formula is C19H30N2O2. The predicted molar refractivity (Wildman–Crippen MR) is 93.4 cm³/mol. The van der Waals surface area contributed by atoms with Gasteiger partial charge in [0.1, 0.15) is 5.60 Å². The molecule has 1 saturated heterocycles. The van der Waals surface area contributed by atoms with Gasteiger partial charge in [0.05, 0.1) is 0 Å². The van der Waals surface area contributed by atoms with Crippen LogP contribution in [-0.2, 0) is 10.3 Å². The maximum atomic E-state index is 12.1. The molecule has 0 unspecified atom stereocenters. The van der Waals surface area contributed by atoms with Gasteiger partial charge in [-0.1, -0.05) is 30.3 Å². The molecule has 0 aliphatic carbocycles. The first-order valence-corrected chi connectivity index (χ1v) is 8.46. The lowest BCUT2D eigenvalue weighted by Crippen LogP contribution is -2.41. The molecule has 1 amide bonds. The fourth-order valence-corrected chi connectivity index (χ4v) is 2.85. The first-order chi connectivity index (χ1) is 10.7. The first-order valence-electron chi connectivity index (χ1n) is 8.46. The van der Waals surface area contributed by atoms with Gasteiger partial charge in [-0.25, -0.2) is 4.79 Å². The van der Waals surface area contributed by atoms with Crippen LogP contribution in [0.4, 0.5) is 4.79 Å². The number of hydrogen-bond acceptors (Lipinski definition) is 3.